The molecule has 4 aliphatic rings. The molecule has 10 aromatic carbocycles. The van der Waals surface area contributed by atoms with Crippen molar-refractivity contribution in [3.05, 3.63) is 229 Å². The summed E-state index contributed by atoms with van der Waals surface area (Å²) in [6.45, 7) is -0.424. The molecular weight excluding hydrogens is 874 g/mol. The fourth-order valence-corrected chi connectivity index (χ4v) is 11.5. The number of para-hydroxylation sites is 6. The second-order valence-electron chi connectivity index (χ2n) is 18.5. The Labute approximate surface area is 409 Å². The van der Waals surface area contributed by atoms with Crippen LogP contribution in [0.2, 0.25) is 0 Å². The molecule has 15 rings (SSSR count). The first-order valence-electron chi connectivity index (χ1n) is 23.9. The van der Waals surface area contributed by atoms with Gasteiger partial charge >= 0.3 is 0 Å². The van der Waals surface area contributed by atoms with Crippen LogP contribution in [0, 0.1) is 0 Å². The van der Waals surface area contributed by atoms with Gasteiger partial charge in [0.2, 0.25) is 0 Å². The second kappa shape index (κ2) is 15.3. The second-order valence-corrected chi connectivity index (χ2v) is 18.5. The first-order chi connectivity index (χ1) is 35.1. The van der Waals surface area contributed by atoms with Gasteiger partial charge in [-0.25, -0.2) is 0 Å². The van der Waals surface area contributed by atoms with E-state index in [1.807, 2.05) is 84.9 Å². The van der Waals surface area contributed by atoms with Crippen LogP contribution < -0.4 is 68.1 Å². The molecular formula is C61H38B2N4O4. The molecule has 4 aliphatic heterocycles. The molecule has 2 N–H and O–H groups in total. The van der Waals surface area contributed by atoms with Crippen LogP contribution in [0.4, 0.5) is 56.9 Å². The monoisotopic (exact) mass is 912 g/mol. The number of hydrogen-bond donors (Lipinski definition) is 2. The van der Waals surface area contributed by atoms with Gasteiger partial charge in [0.1, 0.15) is 34.2 Å². The maximum absolute atomic E-state index is 15.3. The number of nitrogens with one attached hydrogen (secondary N) is 2. The zero-order chi connectivity index (χ0) is 46.7. The zero-order valence-electron chi connectivity index (χ0n) is 38.0. The fourth-order valence-electron chi connectivity index (χ4n) is 11.5. The van der Waals surface area contributed by atoms with E-state index in [1.54, 1.807) is 0 Å². The van der Waals surface area contributed by atoms with E-state index in [9.17, 15) is 0 Å². The Balaban J connectivity index is 0.915. The predicted octanol–water partition coefficient (Wildman–Crippen LogP) is 11.2. The first-order valence-corrected chi connectivity index (χ1v) is 23.9. The highest BCUT2D eigenvalue weighted by atomic mass is 16.5. The molecule has 0 radical (unpaired) electrons. The molecule has 8 nitrogen and oxygen atoms in total. The summed E-state index contributed by atoms with van der Waals surface area (Å²) in [5.74, 6) is 2.68. The largest absolute Gasteiger partial charge is 0.458 e. The summed E-state index contributed by atoms with van der Waals surface area (Å²) in [4.78, 5) is 20.0. The van der Waals surface area contributed by atoms with Gasteiger partial charge in [0, 0.05) is 81.1 Å². The SMILES string of the molecule is O=c1c2cc3c(cc2oc2cc4c(cc12)B1c2ccccc2N(c2ccccc2)c2cc(Oc5ccccc5)cc(c21)O4)Nc1cc(Nc2ccccc2)cc2c1B3c1ccccc1N2c1ccccc1. The summed E-state index contributed by atoms with van der Waals surface area (Å²) in [6, 6.07) is 74.6. The molecule has 0 atom stereocenters. The van der Waals surface area contributed by atoms with Crippen molar-refractivity contribution < 1.29 is 13.9 Å². The van der Waals surface area contributed by atoms with Crippen molar-refractivity contribution in [2.45, 2.75) is 0 Å². The lowest BCUT2D eigenvalue weighted by Crippen LogP contribution is -2.60. The van der Waals surface area contributed by atoms with Crippen molar-refractivity contribution in [3.63, 3.8) is 0 Å². The number of rotatable bonds is 6. The Hall–Kier alpha value is -9.40. The third-order valence-electron chi connectivity index (χ3n) is 14.4. The smallest absolute Gasteiger partial charge is 0.256 e. The van der Waals surface area contributed by atoms with Crippen LogP contribution >= 0.6 is 0 Å². The molecule has 0 saturated carbocycles. The minimum absolute atomic E-state index is 0.0945. The summed E-state index contributed by atoms with van der Waals surface area (Å²) >= 11 is 0. The van der Waals surface area contributed by atoms with E-state index in [1.165, 1.54) is 0 Å². The van der Waals surface area contributed by atoms with E-state index in [4.69, 9.17) is 13.9 Å². The van der Waals surface area contributed by atoms with Crippen molar-refractivity contribution in [1.82, 2.24) is 0 Å². The molecule has 0 amide bonds. The normalized spacial score (nSPS) is 13.2. The molecule has 11 aromatic rings. The standard InChI is InChI=1S/C61H38B2N4O4/c68-61-43-33-47-49(65-50-29-38(64-37-17-5-1-6-18-37)30-53-59(50)62(47)45-25-13-15-27-51(45)66(53)39-19-7-2-8-20-39)35-55(43)70-56-36-57-48(34-44(56)61)63-46-26-14-16-28-52(46)67(40-21-9-3-10-22-40)54-31-42(32-58(71-57)60(54)63)69-41-23-11-4-12-24-41/h1-36,64-65H. The number of hydrogen-bond acceptors (Lipinski definition) is 8. The molecule has 5 heterocycles. The van der Waals surface area contributed by atoms with Crippen LogP contribution in [-0.2, 0) is 0 Å². The van der Waals surface area contributed by atoms with Gasteiger partial charge in [0.25, 0.3) is 13.4 Å². The summed E-state index contributed by atoms with van der Waals surface area (Å²) in [5.41, 5.74) is 17.2. The quantitative estimate of drug-likeness (QED) is 0.126. The molecule has 0 saturated heterocycles. The minimum atomic E-state index is -0.250. The molecule has 0 spiro atoms. The Morgan fingerprint density at radius 1 is 0.437 bits per heavy atom. The third-order valence-corrected chi connectivity index (χ3v) is 14.4. The number of fused-ring (bicyclic) bond motifs is 10. The van der Waals surface area contributed by atoms with Crippen LogP contribution in [-0.4, -0.2) is 13.4 Å². The van der Waals surface area contributed by atoms with Gasteiger partial charge < -0.3 is 34.3 Å². The average Bonchev–Trinajstić information content (AvgIpc) is 3.41. The molecule has 0 fully saturated rings. The zero-order valence-corrected chi connectivity index (χ0v) is 38.0. The maximum Gasteiger partial charge on any atom is 0.256 e. The topological polar surface area (TPSA) is 79.2 Å². The lowest BCUT2D eigenvalue weighted by atomic mass is 9.33. The van der Waals surface area contributed by atoms with E-state index >= 15 is 4.79 Å². The van der Waals surface area contributed by atoms with Crippen LogP contribution in [0.15, 0.2) is 228 Å². The van der Waals surface area contributed by atoms with E-state index in [-0.39, 0.29) is 18.9 Å². The summed E-state index contributed by atoms with van der Waals surface area (Å²) in [7, 11) is 0. The molecule has 0 aliphatic carbocycles. The highest BCUT2D eigenvalue weighted by Gasteiger charge is 2.44. The van der Waals surface area contributed by atoms with Crippen molar-refractivity contribution in [3.8, 4) is 23.0 Å². The van der Waals surface area contributed by atoms with Gasteiger partial charge in [0.15, 0.2) is 5.43 Å². The molecule has 0 bridgehead atoms. The van der Waals surface area contributed by atoms with Gasteiger partial charge in [-0.3, -0.25) is 4.79 Å². The minimum Gasteiger partial charge on any atom is -0.458 e. The average molecular weight is 913 g/mol. The molecule has 10 heteroatoms. The van der Waals surface area contributed by atoms with E-state index in [2.05, 4.69) is 154 Å². The fraction of sp³-hybridized carbons (Fsp3) is 0. The van der Waals surface area contributed by atoms with E-state index in [0.29, 0.717) is 39.2 Å². The summed E-state index contributed by atoms with van der Waals surface area (Å²) < 4.78 is 20.4. The van der Waals surface area contributed by atoms with Crippen LogP contribution in [0.5, 0.6) is 23.0 Å². The highest BCUT2D eigenvalue weighted by molar-refractivity contribution is 7.00. The number of ether oxygens (including phenoxy) is 2. The lowest BCUT2D eigenvalue weighted by Gasteiger charge is -2.41. The predicted molar refractivity (Wildman–Crippen MR) is 291 cm³/mol. The van der Waals surface area contributed by atoms with Gasteiger partial charge in [-0.2, -0.15) is 0 Å². The molecule has 0 unspecified atom stereocenters. The summed E-state index contributed by atoms with van der Waals surface area (Å²) in [6.07, 6.45) is 0. The van der Waals surface area contributed by atoms with Crippen molar-refractivity contribution in [1.29, 1.82) is 0 Å². The van der Waals surface area contributed by atoms with Crippen LogP contribution in [0.25, 0.3) is 21.9 Å². The Morgan fingerprint density at radius 3 is 1.68 bits per heavy atom. The number of benzene rings is 10. The molecule has 332 valence electrons. The summed E-state index contributed by atoms with van der Waals surface area (Å²) in [5, 5.41) is 8.52. The van der Waals surface area contributed by atoms with Crippen molar-refractivity contribution in [2.24, 2.45) is 0 Å². The molecule has 71 heavy (non-hydrogen) atoms. The van der Waals surface area contributed by atoms with Gasteiger partial charge in [-0.15, -0.1) is 0 Å². The maximum atomic E-state index is 15.3. The van der Waals surface area contributed by atoms with Crippen LogP contribution in [0.3, 0.4) is 0 Å². The Kier molecular flexibility index (Phi) is 8.53. The lowest BCUT2D eigenvalue weighted by molar-refractivity contribution is 0.463. The number of nitrogens with zero attached hydrogens (tertiary/aromatic N) is 2. The first kappa shape index (κ1) is 39.6. The van der Waals surface area contributed by atoms with Gasteiger partial charge in [0.05, 0.1) is 10.8 Å². The van der Waals surface area contributed by atoms with Gasteiger partial charge in [-0.1, -0.05) is 109 Å². The Bertz CT molecular complexity index is 3800. The van der Waals surface area contributed by atoms with Gasteiger partial charge in [-0.05, 0) is 118 Å². The Morgan fingerprint density at radius 2 is 1.00 bits per heavy atom. The highest BCUT2D eigenvalue weighted by Crippen LogP contribution is 2.45. The number of anilines is 10. The van der Waals surface area contributed by atoms with Crippen LogP contribution in [0.1, 0.15) is 0 Å². The van der Waals surface area contributed by atoms with E-state index in [0.717, 1.165) is 95.4 Å². The third kappa shape index (κ3) is 6.11. The molecule has 1 aromatic heterocycles. The van der Waals surface area contributed by atoms with E-state index < -0.39 is 0 Å². The van der Waals surface area contributed by atoms with Crippen molar-refractivity contribution >= 4 is 125 Å². The van der Waals surface area contributed by atoms with Crippen molar-refractivity contribution in [2.75, 3.05) is 20.4 Å².